The van der Waals surface area contributed by atoms with E-state index in [1.807, 2.05) is 30.3 Å². The molecule has 0 fully saturated rings. The number of para-hydroxylation sites is 1. The maximum absolute atomic E-state index is 12.0. The van der Waals surface area contributed by atoms with Crippen molar-refractivity contribution >= 4 is 28.2 Å². The number of hydrogen-bond donors (Lipinski definition) is 2. The normalized spacial score (nSPS) is 10.7. The molecule has 0 bridgehead atoms. The summed E-state index contributed by atoms with van der Waals surface area (Å²) in [5, 5.41) is 4.31. The van der Waals surface area contributed by atoms with Gasteiger partial charge in [-0.05, 0) is 30.3 Å². The van der Waals surface area contributed by atoms with Gasteiger partial charge in [0.05, 0.1) is 17.4 Å². The van der Waals surface area contributed by atoms with E-state index in [0.29, 0.717) is 28.3 Å². The first kappa shape index (κ1) is 12.7. The molecule has 1 aromatic heterocycles. The number of fused-ring (bicyclic) bond motifs is 1. The Hall–Kier alpha value is -2.33. The van der Waals surface area contributed by atoms with E-state index in [0.717, 1.165) is 5.69 Å². The van der Waals surface area contributed by atoms with Crippen LogP contribution in [0.2, 0.25) is 5.02 Å². The quantitative estimate of drug-likeness (QED) is 0.777. The first-order valence-electron chi connectivity index (χ1n) is 6.20. The molecule has 0 saturated carbocycles. The Kier molecular flexibility index (Phi) is 3.39. The van der Waals surface area contributed by atoms with Gasteiger partial charge in [-0.2, -0.15) is 0 Å². The standard InChI is InChI=1S/C15H12ClN3O/c16-10-6-7-12-13(8-10)18-14(19-15(12)20)9-17-11-4-2-1-3-5-11/h1-8,17H,9H2,(H,18,19,20). The van der Waals surface area contributed by atoms with Crippen LogP contribution in [0.15, 0.2) is 53.3 Å². The molecule has 0 aliphatic rings. The fraction of sp³-hybridized carbons (Fsp3) is 0.0667. The summed E-state index contributed by atoms with van der Waals surface area (Å²) in [4.78, 5) is 19.1. The molecule has 5 heteroatoms. The third-order valence-electron chi connectivity index (χ3n) is 2.95. The maximum Gasteiger partial charge on any atom is 0.258 e. The van der Waals surface area contributed by atoms with Gasteiger partial charge >= 0.3 is 0 Å². The van der Waals surface area contributed by atoms with Gasteiger partial charge in [0.2, 0.25) is 0 Å². The van der Waals surface area contributed by atoms with E-state index >= 15 is 0 Å². The first-order chi connectivity index (χ1) is 9.72. The monoisotopic (exact) mass is 285 g/mol. The van der Waals surface area contributed by atoms with Gasteiger partial charge in [-0.3, -0.25) is 4.79 Å². The molecule has 0 atom stereocenters. The lowest BCUT2D eigenvalue weighted by Gasteiger charge is -2.06. The second kappa shape index (κ2) is 5.35. The predicted molar refractivity (Wildman–Crippen MR) is 81.1 cm³/mol. The number of aromatic nitrogens is 2. The smallest absolute Gasteiger partial charge is 0.258 e. The van der Waals surface area contributed by atoms with Crippen molar-refractivity contribution < 1.29 is 0 Å². The lowest BCUT2D eigenvalue weighted by Crippen LogP contribution is -2.14. The number of nitrogens with one attached hydrogen (secondary N) is 2. The Morgan fingerprint density at radius 2 is 1.95 bits per heavy atom. The van der Waals surface area contributed by atoms with Gasteiger partial charge < -0.3 is 10.3 Å². The van der Waals surface area contributed by atoms with E-state index < -0.39 is 0 Å². The summed E-state index contributed by atoms with van der Waals surface area (Å²) < 4.78 is 0. The highest BCUT2D eigenvalue weighted by Crippen LogP contribution is 2.15. The lowest BCUT2D eigenvalue weighted by atomic mass is 10.2. The van der Waals surface area contributed by atoms with E-state index in [4.69, 9.17) is 11.6 Å². The Bertz CT molecular complexity index is 799. The van der Waals surface area contributed by atoms with Gasteiger partial charge in [0.25, 0.3) is 5.56 Å². The molecule has 1 heterocycles. The SMILES string of the molecule is O=c1[nH]c(CNc2ccccc2)nc2cc(Cl)ccc12. The fourth-order valence-electron chi connectivity index (χ4n) is 1.99. The lowest BCUT2D eigenvalue weighted by molar-refractivity contribution is 0.953. The van der Waals surface area contributed by atoms with E-state index in [1.165, 1.54) is 0 Å². The van der Waals surface area contributed by atoms with Crippen LogP contribution < -0.4 is 10.9 Å². The van der Waals surface area contributed by atoms with Crippen molar-refractivity contribution in [3.63, 3.8) is 0 Å². The van der Waals surface area contributed by atoms with Crippen LogP contribution in [-0.4, -0.2) is 9.97 Å². The third-order valence-corrected chi connectivity index (χ3v) is 3.19. The number of benzene rings is 2. The Morgan fingerprint density at radius 3 is 2.75 bits per heavy atom. The van der Waals surface area contributed by atoms with Crippen LogP contribution in [0.5, 0.6) is 0 Å². The molecule has 100 valence electrons. The van der Waals surface area contributed by atoms with Gasteiger partial charge in [-0.15, -0.1) is 0 Å². The van der Waals surface area contributed by atoms with Crippen molar-refractivity contribution in [2.75, 3.05) is 5.32 Å². The van der Waals surface area contributed by atoms with Crippen LogP contribution in [0.1, 0.15) is 5.82 Å². The maximum atomic E-state index is 12.0. The van der Waals surface area contributed by atoms with E-state index in [2.05, 4.69) is 15.3 Å². The average molecular weight is 286 g/mol. The Labute approximate surface area is 120 Å². The highest BCUT2D eigenvalue weighted by Gasteiger charge is 2.04. The number of nitrogens with zero attached hydrogens (tertiary/aromatic N) is 1. The Balaban J connectivity index is 1.90. The molecule has 4 nitrogen and oxygen atoms in total. The van der Waals surface area contributed by atoms with Crippen LogP contribution in [0, 0.1) is 0 Å². The summed E-state index contributed by atoms with van der Waals surface area (Å²) in [6.45, 7) is 0.446. The molecule has 2 aromatic carbocycles. The molecule has 0 amide bonds. The van der Waals surface area contributed by atoms with Crippen LogP contribution in [0.25, 0.3) is 10.9 Å². The molecule has 3 rings (SSSR count). The van der Waals surface area contributed by atoms with E-state index in [1.54, 1.807) is 18.2 Å². The largest absolute Gasteiger partial charge is 0.378 e. The van der Waals surface area contributed by atoms with Crippen LogP contribution in [0.4, 0.5) is 5.69 Å². The van der Waals surface area contributed by atoms with Crippen molar-refractivity contribution in [3.8, 4) is 0 Å². The van der Waals surface area contributed by atoms with Crippen LogP contribution in [-0.2, 0) is 6.54 Å². The van der Waals surface area contributed by atoms with Gasteiger partial charge in [-0.1, -0.05) is 29.8 Å². The van der Waals surface area contributed by atoms with Gasteiger partial charge in [0.1, 0.15) is 5.82 Å². The molecule has 0 aliphatic carbocycles. The number of rotatable bonds is 3. The van der Waals surface area contributed by atoms with E-state index in [9.17, 15) is 4.79 Å². The van der Waals surface area contributed by atoms with Crippen molar-refractivity contribution in [1.82, 2.24) is 9.97 Å². The molecule has 0 unspecified atom stereocenters. The second-order valence-corrected chi connectivity index (χ2v) is 4.83. The van der Waals surface area contributed by atoms with Gasteiger partial charge in [0, 0.05) is 10.7 Å². The number of aromatic amines is 1. The molecular weight excluding hydrogens is 274 g/mol. The number of anilines is 1. The minimum absolute atomic E-state index is 0.156. The minimum Gasteiger partial charge on any atom is -0.378 e. The van der Waals surface area contributed by atoms with Crippen LogP contribution >= 0.6 is 11.6 Å². The topological polar surface area (TPSA) is 57.8 Å². The molecule has 0 radical (unpaired) electrons. The molecule has 3 aromatic rings. The van der Waals surface area contributed by atoms with Gasteiger partial charge in [0.15, 0.2) is 0 Å². The highest BCUT2D eigenvalue weighted by molar-refractivity contribution is 6.31. The molecule has 20 heavy (non-hydrogen) atoms. The van der Waals surface area contributed by atoms with Crippen LogP contribution in [0.3, 0.4) is 0 Å². The summed E-state index contributed by atoms with van der Waals surface area (Å²) in [6.07, 6.45) is 0. The summed E-state index contributed by atoms with van der Waals surface area (Å²) in [7, 11) is 0. The minimum atomic E-state index is -0.156. The summed E-state index contributed by atoms with van der Waals surface area (Å²) >= 11 is 5.93. The summed E-state index contributed by atoms with van der Waals surface area (Å²) in [5.41, 5.74) is 1.42. The zero-order valence-electron chi connectivity index (χ0n) is 10.6. The molecule has 0 aliphatic heterocycles. The second-order valence-electron chi connectivity index (χ2n) is 4.39. The number of H-pyrrole nitrogens is 1. The molecular formula is C15H12ClN3O. The van der Waals surface area contributed by atoms with Crippen molar-refractivity contribution in [1.29, 1.82) is 0 Å². The first-order valence-corrected chi connectivity index (χ1v) is 6.57. The summed E-state index contributed by atoms with van der Waals surface area (Å²) in [6, 6.07) is 14.8. The molecule has 0 saturated heterocycles. The Morgan fingerprint density at radius 1 is 1.15 bits per heavy atom. The highest BCUT2D eigenvalue weighted by atomic mass is 35.5. The van der Waals surface area contributed by atoms with Gasteiger partial charge in [-0.25, -0.2) is 4.98 Å². The molecule has 2 N–H and O–H groups in total. The zero-order valence-corrected chi connectivity index (χ0v) is 11.3. The number of hydrogen-bond acceptors (Lipinski definition) is 3. The predicted octanol–water partition coefficient (Wildman–Crippen LogP) is 3.19. The average Bonchev–Trinajstić information content (AvgIpc) is 2.46. The molecule has 0 spiro atoms. The van der Waals surface area contributed by atoms with Crippen molar-refractivity contribution in [2.45, 2.75) is 6.54 Å². The van der Waals surface area contributed by atoms with E-state index in [-0.39, 0.29) is 5.56 Å². The van der Waals surface area contributed by atoms with Crippen molar-refractivity contribution in [3.05, 3.63) is 69.7 Å². The fourth-order valence-corrected chi connectivity index (χ4v) is 2.15. The summed E-state index contributed by atoms with van der Waals surface area (Å²) in [5.74, 6) is 0.577. The third kappa shape index (κ3) is 2.65. The van der Waals surface area contributed by atoms with Crippen molar-refractivity contribution in [2.24, 2.45) is 0 Å². The zero-order chi connectivity index (χ0) is 13.9. The number of halogens is 1.